The molecule has 1 saturated heterocycles. The number of amides is 1. The van der Waals surface area contributed by atoms with Gasteiger partial charge in [0.15, 0.2) is 0 Å². The lowest BCUT2D eigenvalue weighted by molar-refractivity contribution is -0.143. The van der Waals surface area contributed by atoms with Crippen molar-refractivity contribution in [1.29, 1.82) is 0 Å². The second kappa shape index (κ2) is 6.67. The van der Waals surface area contributed by atoms with Gasteiger partial charge in [0.2, 0.25) is 0 Å². The second-order valence-corrected chi connectivity index (χ2v) is 7.81. The van der Waals surface area contributed by atoms with Gasteiger partial charge in [-0.2, -0.15) is 0 Å². The van der Waals surface area contributed by atoms with Crippen LogP contribution in [-0.4, -0.2) is 53.8 Å². The molecule has 0 radical (unpaired) electrons. The van der Waals surface area contributed by atoms with E-state index in [0.717, 1.165) is 32.1 Å². The first-order chi connectivity index (χ1) is 10.7. The van der Waals surface area contributed by atoms with E-state index in [1.54, 1.807) is 0 Å². The van der Waals surface area contributed by atoms with Crippen LogP contribution >= 0.6 is 0 Å². The average Bonchev–Trinajstić information content (AvgIpc) is 2.42. The fourth-order valence-corrected chi connectivity index (χ4v) is 3.59. The topological polar surface area (TPSA) is 67.9 Å². The molecule has 6 heteroatoms. The smallest absolute Gasteiger partial charge is 0.410 e. The van der Waals surface area contributed by atoms with Gasteiger partial charge in [-0.05, 0) is 59.8 Å². The van der Waals surface area contributed by atoms with Gasteiger partial charge in [-0.3, -0.25) is 4.79 Å². The highest BCUT2D eigenvalue weighted by molar-refractivity contribution is 5.75. The Morgan fingerprint density at radius 3 is 2.43 bits per heavy atom. The van der Waals surface area contributed by atoms with Crippen LogP contribution in [0.2, 0.25) is 0 Å². The van der Waals surface area contributed by atoms with E-state index in [2.05, 4.69) is 5.32 Å². The maximum absolute atomic E-state index is 12.5. The van der Waals surface area contributed by atoms with Crippen LogP contribution in [-0.2, 0) is 14.3 Å². The Kier molecular flexibility index (Phi) is 5.23. The molecule has 2 rings (SSSR count). The number of carbonyl (C=O) groups excluding carboxylic acids is 2. The normalized spacial score (nSPS) is 24.7. The minimum absolute atomic E-state index is 0.103. The van der Waals surface area contributed by atoms with Crippen molar-refractivity contribution >= 4 is 12.1 Å². The van der Waals surface area contributed by atoms with E-state index in [1.165, 1.54) is 7.11 Å². The van der Waals surface area contributed by atoms with Crippen molar-refractivity contribution < 1.29 is 19.1 Å². The van der Waals surface area contributed by atoms with Crippen LogP contribution in [0.5, 0.6) is 0 Å². The van der Waals surface area contributed by atoms with Gasteiger partial charge >= 0.3 is 12.1 Å². The number of nitrogens with zero attached hydrogens (tertiary/aromatic N) is 1. The molecule has 23 heavy (non-hydrogen) atoms. The zero-order valence-corrected chi connectivity index (χ0v) is 15.0. The molecule has 2 atom stereocenters. The third-order valence-electron chi connectivity index (χ3n) is 4.84. The minimum Gasteiger partial charge on any atom is -0.468 e. The molecule has 0 aromatic rings. The van der Waals surface area contributed by atoms with Crippen molar-refractivity contribution in [2.45, 2.75) is 83.0 Å². The summed E-state index contributed by atoms with van der Waals surface area (Å²) >= 11 is 0. The summed E-state index contributed by atoms with van der Waals surface area (Å²) in [5.74, 6) is -0.248. The maximum atomic E-state index is 12.5. The van der Waals surface area contributed by atoms with Crippen LogP contribution in [0.25, 0.3) is 0 Å². The summed E-state index contributed by atoms with van der Waals surface area (Å²) in [5.41, 5.74) is -0.579. The van der Waals surface area contributed by atoms with E-state index in [1.807, 2.05) is 32.6 Å². The first-order valence-corrected chi connectivity index (χ1v) is 8.51. The van der Waals surface area contributed by atoms with Gasteiger partial charge in [0.1, 0.15) is 11.6 Å². The molecular weight excluding hydrogens is 296 g/mol. The first kappa shape index (κ1) is 18.0. The van der Waals surface area contributed by atoms with E-state index in [0.29, 0.717) is 6.54 Å². The number of methoxy groups -OCH3 is 1. The fraction of sp³-hybridized carbons (Fsp3) is 0.882. The van der Waals surface area contributed by atoms with Crippen molar-refractivity contribution in [3.63, 3.8) is 0 Å². The van der Waals surface area contributed by atoms with Crippen LogP contribution in [0.1, 0.15) is 59.8 Å². The number of carbonyl (C=O) groups is 2. The molecule has 1 aliphatic heterocycles. The number of nitrogens with one attached hydrogen (secondary N) is 1. The Labute approximate surface area is 138 Å². The number of rotatable bonds is 3. The van der Waals surface area contributed by atoms with Gasteiger partial charge in [0, 0.05) is 18.1 Å². The average molecular weight is 326 g/mol. The molecule has 2 fully saturated rings. The molecule has 2 aliphatic rings. The molecule has 0 aromatic carbocycles. The number of esters is 1. The van der Waals surface area contributed by atoms with Crippen LogP contribution in [0, 0.1) is 0 Å². The third kappa shape index (κ3) is 4.16. The molecule has 1 spiro atoms. The van der Waals surface area contributed by atoms with Crippen molar-refractivity contribution in [2.75, 3.05) is 13.7 Å². The highest BCUT2D eigenvalue weighted by atomic mass is 16.6. The molecule has 2 unspecified atom stereocenters. The number of hydrogen-bond acceptors (Lipinski definition) is 5. The van der Waals surface area contributed by atoms with E-state index < -0.39 is 5.60 Å². The van der Waals surface area contributed by atoms with Gasteiger partial charge in [-0.1, -0.05) is 0 Å². The van der Waals surface area contributed by atoms with Gasteiger partial charge in [-0.15, -0.1) is 0 Å². The lowest BCUT2D eigenvalue weighted by Gasteiger charge is -2.55. The molecule has 1 aliphatic carbocycles. The maximum Gasteiger partial charge on any atom is 0.410 e. The number of ether oxygens (including phenoxy) is 2. The minimum atomic E-state index is -0.476. The van der Waals surface area contributed by atoms with Crippen LogP contribution in [0.3, 0.4) is 0 Å². The summed E-state index contributed by atoms with van der Waals surface area (Å²) in [6.45, 7) is 8.17. The van der Waals surface area contributed by atoms with Gasteiger partial charge in [0.05, 0.1) is 7.11 Å². The summed E-state index contributed by atoms with van der Waals surface area (Å²) in [4.78, 5) is 26.0. The number of hydrogen-bond donors (Lipinski definition) is 1. The first-order valence-electron chi connectivity index (χ1n) is 8.51. The monoisotopic (exact) mass is 326 g/mol. The Hall–Kier alpha value is -1.30. The lowest BCUT2D eigenvalue weighted by atomic mass is 9.69. The summed E-state index contributed by atoms with van der Waals surface area (Å²) in [5, 5.41) is 3.35. The van der Waals surface area contributed by atoms with Crippen molar-refractivity contribution in [3.05, 3.63) is 0 Å². The Morgan fingerprint density at radius 2 is 1.96 bits per heavy atom. The molecule has 1 heterocycles. The van der Waals surface area contributed by atoms with Crippen molar-refractivity contribution in [3.8, 4) is 0 Å². The lowest BCUT2D eigenvalue weighted by Crippen LogP contribution is -2.64. The summed E-state index contributed by atoms with van der Waals surface area (Å²) < 4.78 is 10.3. The highest BCUT2D eigenvalue weighted by Crippen LogP contribution is 2.45. The fourth-order valence-electron chi connectivity index (χ4n) is 3.59. The van der Waals surface area contributed by atoms with Gasteiger partial charge in [-0.25, -0.2) is 4.79 Å². The molecule has 6 nitrogen and oxygen atoms in total. The standard InChI is InChI=1S/C17H30N2O4/c1-12(14(20)22-5)18-13-7-10-19(15(21)23-16(2,3)4)17(11-13)8-6-9-17/h12-13,18H,6-11H2,1-5H3. The molecule has 1 saturated carbocycles. The highest BCUT2D eigenvalue weighted by Gasteiger charge is 2.50. The zero-order valence-electron chi connectivity index (χ0n) is 15.0. The SMILES string of the molecule is COC(=O)C(C)NC1CCN(C(=O)OC(C)(C)C)C2(CCC2)C1. The van der Waals surface area contributed by atoms with E-state index >= 15 is 0 Å². The quantitative estimate of drug-likeness (QED) is 0.807. The predicted molar refractivity (Wildman–Crippen MR) is 87.2 cm³/mol. The van der Waals surface area contributed by atoms with Crippen molar-refractivity contribution in [1.82, 2.24) is 10.2 Å². The third-order valence-corrected chi connectivity index (χ3v) is 4.84. The zero-order chi connectivity index (χ0) is 17.3. The van der Waals surface area contributed by atoms with Crippen LogP contribution < -0.4 is 5.32 Å². The van der Waals surface area contributed by atoms with E-state index in [4.69, 9.17) is 9.47 Å². The van der Waals surface area contributed by atoms with Crippen LogP contribution in [0.4, 0.5) is 4.79 Å². The second-order valence-electron chi connectivity index (χ2n) is 7.81. The van der Waals surface area contributed by atoms with Gasteiger partial charge < -0.3 is 19.7 Å². The van der Waals surface area contributed by atoms with Crippen LogP contribution in [0.15, 0.2) is 0 Å². The van der Waals surface area contributed by atoms with E-state index in [9.17, 15) is 9.59 Å². The molecule has 132 valence electrons. The molecule has 0 bridgehead atoms. The largest absolute Gasteiger partial charge is 0.468 e. The predicted octanol–water partition coefficient (Wildman–Crippen LogP) is 2.46. The van der Waals surface area contributed by atoms with E-state index in [-0.39, 0.29) is 29.7 Å². The molecule has 1 N–H and O–H groups in total. The number of piperidine rings is 1. The summed E-state index contributed by atoms with van der Waals surface area (Å²) in [7, 11) is 1.40. The molecule has 0 aromatic heterocycles. The summed E-state index contributed by atoms with van der Waals surface area (Å²) in [6.07, 6.45) is 4.64. The Bertz CT molecular complexity index is 454. The summed E-state index contributed by atoms with van der Waals surface area (Å²) in [6, 6.07) is -0.0988. The van der Waals surface area contributed by atoms with Crippen molar-refractivity contribution in [2.24, 2.45) is 0 Å². The van der Waals surface area contributed by atoms with Gasteiger partial charge in [0.25, 0.3) is 0 Å². The molecular formula is C17H30N2O4. The Morgan fingerprint density at radius 1 is 1.30 bits per heavy atom. The number of likely N-dealkylation sites (tertiary alicyclic amines) is 1. The molecule has 1 amide bonds. The Balaban J connectivity index is 2.00.